The maximum atomic E-state index is 12.5. The summed E-state index contributed by atoms with van der Waals surface area (Å²) in [5.74, 6) is 0.392. The highest BCUT2D eigenvalue weighted by Gasteiger charge is 2.22. The van der Waals surface area contributed by atoms with E-state index in [2.05, 4.69) is 20.4 Å². The zero-order chi connectivity index (χ0) is 18.1. The molecule has 2 heterocycles. The molecule has 0 spiro atoms. The van der Waals surface area contributed by atoms with Crippen LogP contribution in [0.15, 0.2) is 33.6 Å². The summed E-state index contributed by atoms with van der Waals surface area (Å²) in [4.78, 5) is 33.4. The van der Waals surface area contributed by atoms with Gasteiger partial charge >= 0.3 is 0 Å². The van der Waals surface area contributed by atoms with E-state index < -0.39 is 17.5 Å². The largest absolute Gasteiger partial charge is 0.339 e. The molecule has 1 aromatic carbocycles. The predicted molar refractivity (Wildman–Crippen MR) is 91.3 cm³/mol. The molecule has 0 saturated carbocycles. The first-order valence-electron chi connectivity index (χ1n) is 7.98. The van der Waals surface area contributed by atoms with Gasteiger partial charge in [0.2, 0.25) is 5.89 Å². The van der Waals surface area contributed by atoms with Crippen LogP contribution in [0.5, 0.6) is 0 Å². The fourth-order valence-corrected chi connectivity index (χ4v) is 2.41. The van der Waals surface area contributed by atoms with Crippen LogP contribution in [0, 0.1) is 0 Å². The number of nitrogens with one attached hydrogen (secondary N) is 1. The lowest BCUT2D eigenvalue weighted by atomic mass is 10.2. The Balaban J connectivity index is 1.89. The fraction of sp³-hybridized carbons (Fsp3) is 0.353. The molecule has 2 aromatic heterocycles. The predicted octanol–water partition coefficient (Wildman–Crippen LogP) is 1.93. The van der Waals surface area contributed by atoms with Crippen molar-refractivity contribution in [2.24, 2.45) is 7.05 Å². The minimum absolute atomic E-state index is 0.120. The van der Waals surface area contributed by atoms with E-state index in [1.165, 1.54) is 4.57 Å². The van der Waals surface area contributed by atoms with Gasteiger partial charge in [-0.1, -0.05) is 31.1 Å². The molecule has 3 rings (SSSR count). The molecule has 1 N–H and O–H groups in total. The lowest BCUT2D eigenvalue weighted by Gasteiger charge is -2.11. The van der Waals surface area contributed by atoms with Crippen molar-refractivity contribution >= 4 is 16.9 Å². The second-order valence-corrected chi connectivity index (χ2v) is 6.15. The normalized spacial score (nSPS) is 12.5. The number of carbonyl (C=O) groups excluding carboxylic acids is 1. The number of aryl methyl sites for hydroxylation is 1. The van der Waals surface area contributed by atoms with Crippen LogP contribution in [0.3, 0.4) is 0 Å². The van der Waals surface area contributed by atoms with Gasteiger partial charge in [0, 0.05) is 13.0 Å². The van der Waals surface area contributed by atoms with Crippen molar-refractivity contribution in [3.63, 3.8) is 0 Å². The van der Waals surface area contributed by atoms with Crippen LogP contribution in [-0.2, 0) is 7.05 Å². The highest BCUT2D eigenvalue weighted by molar-refractivity contribution is 5.94. The number of amides is 1. The van der Waals surface area contributed by atoms with Gasteiger partial charge in [-0.05, 0) is 19.1 Å². The molecule has 0 bridgehead atoms. The maximum Gasteiger partial charge on any atom is 0.282 e. The Kier molecular flexibility index (Phi) is 4.35. The zero-order valence-corrected chi connectivity index (χ0v) is 14.5. The third kappa shape index (κ3) is 3.15. The summed E-state index contributed by atoms with van der Waals surface area (Å²) >= 11 is 0. The summed E-state index contributed by atoms with van der Waals surface area (Å²) < 4.78 is 6.58. The highest BCUT2D eigenvalue weighted by atomic mass is 16.5. The Morgan fingerprint density at radius 2 is 1.92 bits per heavy atom. The van der Waals surface area contributed by atoms with Crippen LogP contribution >= 0.6 is 0 Å². The second kappa shape index (κ2) is 6.46. The third-order valence-corrected chi connectivity index (χ3v) is 3.89. The SMILES string of the molecule is CC(C)c1noc(C(C)NC(=O)c2nc3ccccc3n(C)c2=O)n1. The summed E-state index contributed by atoms with van der Waals surface area (Å²) in [7, 11) is 1.61. The van der Waals surface area contributed by atoms with Crippen LogP contribution in [0.4, 0.5) is 0 Å². The first kappa shape index (κ1) is 16.8. The first-order valence-corrected chi connectivity index (χ1v) is 7.98. The van der Waals surface area contributed by atoms with Crippen molar-refractivity contribution in [3.05, 3.63) is 52.0 Å². The molecule has 0 saturated heterocycles. The summed E-state index contributed by atoms with van der Waals surface area (Å²) in [6, 6.07) is 6.61. The molecule has 1 unspecified atom stereocenters. The average molecular weight is 341 g/mol. The van der Waals surface area contributed by atoms with E-state index in [0.717, 1.165) is 0 Å². The standard InChI is InChI=1S/C17H19N5O3/c1-9(2)14-20-16(25-21-14)10(3)18-15(23)13-17(24)22(4)12-8-6-5-7-11(12)19-13/h5-10H,1-4H3,(H,18,23). The van der Waals surface area contributed by atoms with E-state index in [4.69, 9.17) is 4.52 Å². The molecule has 8 heteroatoms. The third-order valence-electron chi connectivity index (χ3n) is 3.89. The fourth-order valence-electron chi connectivity index (χ4n) is 2.41. The Labute approximate surface area is 143 Å². The molecule has 3 aromatic rings. The maximum absolute atomic E-state index is 12.5. The summed E-state index contributed by atoms with van der Waals surface area (Å²) in [5.41, 5.74) is 0.603. The molecule has 0 radical (unpaired) electrons. The van der Waals surface area contributed by atoms with Gasteiger partial charge in [0.1, 0.15) is 6.04 Å². The van der Waals surface area contributed by atoms with Gasteiger partial charge in [0.15, 0.2) is 11.5 Å². The van der Waals surface area contributed by atoms with Gasteiger partial charge < -0.3 is 14.4 Å². The van der Waals surface area contributed by atoms with Gasteiger partial charge in [-0.2, -0.15) is 4.98 Å². The van der Waals surface area contributed by atoms with E-state index in [-0.39, 0.29) is 17.5 Å². The molecule has 0 aliphatic heterocycles. The Morgan fingerprint density at radius 3 is 2.60 bits per heavy atom. The van der Waals surface area contributed by atoms with Crippen LogP contribution < -0.4 is 10.9 Å². The van der Waals surface area contributed by atoms with Crippen molar-refractivity contribution in [2.45, 2.75) is 32.7 Å². The molecule has 130 valence electrons. The lowest BCUT2D eigenvalue weighted by Crippen LogP contribution is -2.35. The van der Waals surface area contributed by atoms with E-state index in [1.807, 2.05) is 19.9 Å². The molecule has 8 nitrogen and oxygen atoms in total. The molecule has 25 heavy (non-hydrogen) atoms. The number of fused-ring (bicyclic) bond motifs is 1. The molecule has 0 fully saturated rings. The number of hydrogen-bond donors (Lipinski definition) is 1. The van der Waals surface area contributed by atoms with Crippen LogP contribution in [0.25, 0.3) is 11.0 Å². The van der Waals surface area contributed by atoms with Crippen LogP contribution in [0.2, 0.25) is 0 Å². The topological polar surface area (TPSA) is 103 Å². The number of rotatable bonds is 4. The number of carbonyl (C=O) groups is 1. The zero-order valence-electron chi connectivity index (χ0n) is 14.5. The van der Waals surface area contributed by atoms with Crippen LogP contribution in [-0.4, -0.2) is 25.6 Å². The molecule has 1 atom stereocenters. The van der Waals surface area contributed by atoms with Gasteiger partial charge in [-0.25, -0.2) is 4.98 Å². The summed E-state index contributed by atoms with van der Waals surface area (Å²) in [6.45, 7) is 5.60. The van der Waals surface area contributed by atoms with Gasteiger partial charge in [-0.15, -0.1) is 0 Å². The van der Waals surface area contributed by atoms with Crippen molar-refractivity contribution in [3.8, 4) is 0 Å². The average Bonchev–Trinajstić information content (AvgIpc) is 3.08. The van der Waals surface area contributed by atoms with Crippen LogP contribution in [0.1, 0.15) is 54.9 Å². The Hall–Kier alpha value is -3.03. The van der Waals surface area contributed by atoms with Crippen molar-refractivity contribution in [1.82, 2.24) is 25.0 Å². The number of benzene rings is 1. The number of hydrogen-bond acceptors (Lipinski definition) is 6. The number of nitrogens with zero attached hydrogens (tertiary/aromatic N) is 4. The number of aromatic nitrogens is 4. The van der Waals surface area contributed by atoms with Gasteiger partial charge in [-0.3, -0.25) is 9.59 Å². The second-order valence-electron chi connectivity index (χ2n) is 6.15. The quantitative estimate of drug-likeness (QED) is 0.778. The molecule has 1 amide bonds. The molecule has 0 aliphatic carbocycles. The smallest absolute Gasteiger partial charge is 0.282 e. The van der Waals surface area contributed by atoms with E-state index in [9.17, 15) is 9.59 Å². The monoisotopic (exact) mass is 341 g/mol. The van der Waals surface area contributed by atoms with E-state index in [0.29, 0.717) is 16.9 Å². The van der Waals surface area contributed by atoms with Crippen molar-refractivity contribution < 1.29 is 9.32 Å². The van der Waals surface area contributed by atoms with Gasteiger partial charge in [0.25, 0.3) is 11.5 Å². The summed E-state index contributed by atoms with van der Waals surface area (Å²) in [6.07, 6.45) is 0. The minimum Gasteiger partial charge on any atom is -0.339 e. The van der Waals surface area contributed by atoms with E-state index in [1.54, 1.807) is 32.2 Å². The Bertz CT molecular complexity index is 989. The van der Waals surface area contributed by atoms with Crippen molar-refractivity contribution in [1.29, 1.82) is 0 Å². The van der Waals surface area contributed by atoms with Crippen molar-refractivity contribution in [2.75, 3.05) is 0 Å². The molecular formula is C17H19N5O3. The number of para-hydroxylation sites is 2. The Morgan fingerprint density at radius 1 is 1.20 bits per heavy atom. The van der Waals surface area contributed by atoms with E-state index >= 15 is 0 Å². The summed E-state index contributed by atoms with van der Waals surface area (Å²) in [5, 5.41) is 6.56. The lowest BCUT2D eigenvalue weighted by molar-refractivity contribution is 0.0925. The molecule has 0 aliphatic rings. The molecular weight excluding hydrogens is 322 g/mol. The minimum atomic E-state index is -0.580. The van der Waals surface area contributed by atoms with Gasteiger partial charge in [0.05, 0.1) is 11.0 Å². The highest BCUT2D eigenvalue weighted by Crippen LogP contribution is 2.15. The first-order chi connectivity index (χ1) is 11.9.